The van der Waals surface area contributed by atoms with Gasteiger partial charge >= 0.3 is 5.97 Å². The molecule has 0 amide bonds. The van der Waals surface area contributed by atoms with Gasteiger partial charge in [-0.25, -0.2) is 9.52 Å². The number of aliphatic carboxylic acids is 1. The molecular formula is C15H30N2O2S. The van der Waals surface area contributed by atoms with E-state index in [2.05, 4.69) is 10.0 Å². The van der Waals surface area contributed by atoms with Crippen LogP contribution in [0.5, 0.6) is 0 Å². The molecule has 0 bridgehead atoms. The van der Waals surface area contributed by atoms with E-state index < -0.39 is 12.1 Å². The summed E-state index contributed by atoms with van der Waals surface area (Å²) < 4.78 is 3.06. The Bertz CT molecular complexity index is 252. The van der Waals surface area contributed by atoms with Crippen molar-refractivity contribution in [3.63, 3.8) is 0 Å². The van der Waals surface area contributed by atoms with Crippen LogP contribution in [0.1, 0.15) is 70.6 Å². The zero-order valence-corrected chi connectivity index (χ0v) is 13.5. The minimum Gasteiger partial charge on any atom is -0.479 e. The molecule has 1 fully saturated rings. The van der Waals surface area contributed by atoms with Gasteiger partial charge in [0.25, 0.3) is 0 Å². The van der Waals surface area contributed by atoms with Crippen LogP contribution in [0.2, 0.25) is 0 Å². The zero-order valence-electron chi connectivity index (χ0n) is 12.7. The highest BCUT2D eigenvalue weighted by Crippen LogP contribution is 2.23. The van der Waals surface area contributed by atoms with E-state index >= 15 is 0 Å². The molecule has 118 valence electrons. The fraction of sp³-hybridized carbons (Fsp3) is 0.933. The van der Waals surface area contributed by atoms with Crippen LogP contribution in [0, 0.1) is 0 Å². The normalized spacial score (nSPS) is 21.6. The van der Waals surface area contributed by atoms with Gasteiger partial charge in [0, 0.05) is 5.25 Å². The van der Waals surface area contributed by atoms with Gasteiger partial charge in [-0.1, -0.05) is 69.7 Å². The maximum atomic E-state index is 11.0. The van der Waals surface area contributed by atoms with Crippen molar-refractivity contribution in [3.8, 4) is 0 Å². The summed E-state index contributed by atoms with van der Waals surface area (Å²) in [5.41, 5.74) is 0. The van der Waals surface area contributed by atoms with Crippen molar-refractivity contribution < 1.29 is 9.90 Å². The molecule has 0 saturated heterocycles. The molecule has 0 radical (unpaired) electrons. The Morgan fingerprint density at radius 2 is 1.45 bits per heavy atom. The van der Waals surface area contributed by atoms with Crippen LogP contribution in [-0.4, -0.2) is 29.5 Å². The van der Waals surface area contributed by atoms with Crippen molar-refractivity contribution in [1.29, 1.82) is 0 Å². The van der Waals surface area contributed by atoms with Crippen molar-refractivity contribution in [2.75, 3.05) is 7.05 Å². The zero-order chi connectivity index (χ0) is 14.6. The van der Waals surface area contributed by atoms with Gasteiger partial charge in [-0.3, -0.25) is 5.32 Å². The van der Waals surface area contributed by atoms with Crippen LogP contribution in [0.15, 0.2) is 0 Å². The van der Waals surface area contributed by atoms with Crippen LogP contribution >= 0.6 is 11.9 Å². The lowest BCUT2D eigenvalue weighted by Crippen LogP contribution is -2.44. The third-order valence-corrected chi connectivity index (χ3v) is 5.12. The molecule has 1 atom stereocenters. The number of hydrogen-bond acceptors (Lipinski definition) is 4. The van der Waals surface area contributed by atoms with E-state index in [4.69, 9.17) is 5.11 Å². The van der Waals surface area contributed by atoms with Gasteiger partial charge < -0.3 is 5.11 Å². The van der Waals surface area contributed by atoms with E-state index in [1.165, 1.54) is 70.6 Å². The summed E-state index contributed by atoms with van der Waals surface area (Å²) in [5.74, 6) is -0.840. The number of carbonyl (C=O) groups is 1. The largest absolute Gasteiger partial charge is 0.479 e. The predicted molar refractivity (Wildman–Crippen MR) is 85.8 cm³/mol. The molecule has 1 aliphatic rings. The number of hydrogen-bond donors (Lipinski definition) is 3. The lowest BCUT2D eigenvalue weighted by Gasteiger charge is -2.20. The van der Waals surface area contributed by atoms with E-state index in [-0.39, 0.29) is 0 Å². The summed E-state index contributed by atoms with van der Waals surface area (Å²) in [5, 5.41) is 12.3. The SMILES string of the molecule is CNC(NSC1CCCCCCCCCCC1)C(=O)O. The Morgan fingerprint density at radius 1 is 1.00 bits per heavy atom. The van der Waals surface area contributed by atoms with E-state index in [0.717, 1.165) is 0 Å². The molecule has 0 aromatic rings. The molecule has 1 saturated carbocycles. The molecule has 0 aromatic heterocycles. The summed E-state index contributed by atoms with van der Waals surface area (Å²) in [6, 6.07) is 0. The molecule has 0 aliphatic heterocycles. The summed E-state index contributed by atoms with van der Waals surface area (Å²) in [7, 11) is 1.67. The topological polar surface area (TPSA) is 61.4 Å². The number of rotatable bonds is 5. The third-order valence-electron chi connectivity index (χ3n) is 3.94. The lowest BCUT2D eigenvalue weighted by atomic mass is 10.0. The van der Waals surface area contributed by atoms with Crippen molar-refractivity contribution in [3.05, 3.63) is 0 Å². The average Bonchev–Trinajstić information content (AvgIpc) is 2.41. The van der Waals surface area contributed by atoms with E-state index in [0.29, 0.717) is 5.25 Å². The number of carboxylic acids is 1. The number of likely N-dealkylation sites (N-methyl/N-ethyl adjacent to an activating group) is 1. The standard InChI is InChI=1S/C15H30N2O2S/c1-16-14(15(18)19)17-20-13-11-9-7-5-3-2-4-6-8-10-12-13/h13-14,16-17H,2-12H2,1H3,(H,18,19). The van der Waals surface area contributed by atoms with Gasteiger partial charge in [-0.15, -0.1) is 0 Å². The highest BCUT2D eigenvalue weighted by atomic mass is 32.2. The molecule has 3 N–H and O–H groups in total. The first kappa shape index (κ1) is 17.8. The Balaban J connectivity index is 2.32. The Hall–Kier alpha value is -0.260. The smallest absolute Gasteiger partial charge is 0.336 e. The average molecular weight is 302 g/mol. The van der Waals surface area contributed by atoms with Crippen LogP contribution in [0.4, 0.5) is 0 Å². The summed E-state index contributed by atoms with van der Waals surface area (Å²) in [6.45, 7) is 0. The second kappa shape index (κ2) is 11.4. The van der Waals surface area contributed by atoms with Gasteiger partial charge in [-0.2, -0.15) is 0 Å². The molecule has 0 heterocycles. The Kier molecular flexibility index (Phi) is 10.1. The van der Waals surface area contributed by atoms with Crippen LogP contribution < -0.4 is 10.0 Å². The lowest BCUT2D eigenvalue weighted by molar-refractivity contribution is -0.139. The quantitative estimate of drug-likeness (QED) is 0.536. The highest BCUT2D eigenvalue weighted by molar-refractivity contribution is 7.98. The predicted octanol–water partition coefficient (Wildman–Crippen LogP) is 3.53. The molecule has 1 rings (SSSR count). The summed E-state index contributed by atoms with van der Waals surface area (Å²) in [6.07, 6.45) is 13.8. The molecule has 0 aromatic carbocycles. The van der Waals surface area contributed by atoms with Gasteiger partial charge in [0.1, 0.15) is 0 Å². The summed E-state index contributed by atoms with van der Waals surface area (Å²) in [4.78, 5) is 11.0. The van der Waals surface area contributed by atoms with Crippen LogP contribution in [-0.2, 0) is 4.79 Å². The molecule has 5 heteroatoms. The van der Waals surface area contributed by atoms with Crippen LogP contribution in [0.3, 0.4) is 0 Å². The van der Waals surface area contributed by atoms with E-state index in [1.807, 2.05) is 0 Å². The molecule has 1 unspecified atom stereocenters. The second-order valence-corrected chi connectivity index (χ2v) is 6.82. The molecular weight excluding hydrogens is 272 g/mol. The van der Waals surface area contributed by atoms with Crippen molar-refractivity contribution in [2.45, 2.75) is 82.0 Å². The third kappa shape index (κ3) is 8.12. The van der Waals surface area contributed by atoms with E-state index in [1.54, 1.807) is 19.0 Å². The maximum Gasteiger partial charge on any atom is 0.336 e. The molecule has 20 heavy (non-hydrogen) atoms. The number of carboxylic acid groups (broad SMARTS) is 1. The van der Waals surface area contributed by atoms with Gasteiger partial charge in [0.05, 0.1) is 0 Å². The highest BCUT2D eigenvalue weighted by Gasteiger charge is 2.17. The van der Waals surface area contributed by atoms with Gasteiger partial charge in [0.15, 0.2) is 6.17 Å². The molecule has 0 spiro atoms. The molecule has 4 nitrogen and oxygen atoms in total. The van der Waals surface area contributed by atoms with Crippen molar-refractivity contribution in [2.24, 2.45) is 0 Å². The van der Waals surface area contributed by atoms with Crippen LogP contribution in [0.25, 0.3) is 0 Å². The minimum atomic E-state index is -0.840. The first-order valence-electron chi connectivity index (χ1n) is 8.05. The van der Waals surface area contributed by atoms with Crippen molar-refractivity contribution >= 4 is 17.9 Å². The number of nitrogens with one attached hydrogen (secondary N) is 2. The Labute approximate surface area is 127 Å². The fourth-order valence-electron chi connectivity index (χ4n) is 2.64. The minimum absolute atomic E-state index is 0.546. The first-order chi connectivity index (χ1) is 9.74. The van der Waals surface area contributed by atoms with E-state index in [9.17, 15) is 4.79 Å². The maximum absolute atomic E-state index is 11.0. The first-order valence-corrected chi connectivity index (χ1v) is 8.93. The van der Waals surface area contributed by atoms with Gasteiger partial charge in [-0.05, 0) is 19.9 Å². The molecule has 1 aliphatic carbocycles. The Morgan fingerprint density at radius 3 is 1.85 bits per heavy atom. The fourth-order valence-corrected chi connectivity index (χ4v) is 3.76. The summed E-state index contributed by atoms with van der Waals surface area (Å²) >= 11 is 1.62. The van der Waals surface area contributed by atoms with Crippen molar-refractivity contribution in [1.82, 2.24) is 10.0 Å². The monoisotopic (exact) mass is 302 g/mol. The van der Waals surface area contributed by atoms with Gasteiger partial charge in [0.2, 0.25) is 0 Å². The second-order valence-electron chi connectivity index (χ2n) is 5.68.